The molecule has 6 nitrogen and oxygen atoms in total. The Hall–Kier alpha value is -1.85. The van der Waals surface area contributed by atoms with Crippen LogP contribution in [0, 0.1) is 0 Å². The van der Waals surface area contributed by atoms with Crippen molar-refractivity contribution >= 4 is 23.4 Å². The molecule has 1 aliphatic carbocycles. The van der Waals surface area contributed by atoms with Crippen LogP contribution in [0.3, 0.4) is 0 Å². The van der Waals surface area contributed by atoms with Crippen molar-refractivity contribution in [1.82, 2.24) is 9.97 Å². The molecule has 2 N–H and O–H groups in total. The van der Waals surface area contributed by atoms with Gasteiger partial charge in [-0.15, -0.1) is 0 Å². The molecule has 0 spiro atoms. The quantitative estimate of drug-likeness (QED) is 0.824. The maximum absolute atomic E-state index is 5.77. The zero-order chi connectivity index (χ0) is 12.8. The predicted molar refractivity (Wildman–Crippen MR) is 75.4 cm³/mol. The van der Waals surface area contributed by atoms with Gasteiger partial charge < -0.3 is 10.6 Å². The van der Waals surface area contributed by atoms with Crippen molar-refractivity contribution in [3.8, 4) is 0 Å². The third-order valence-corrected chi connectivity index (χ3v) is 4.23. The monoisotopic (exact) mass is 258 g/mol. The van der Waals surface area contributed by atoms with Crippen LogP contribution in [0.1, 0.15) is 32.1 Å². The number of guanidine groups is 1. The van der Waals surface area contributed by atoms with E-state index in [2.05, 4.69) is 19.8 Å². The number of fused-ring (bicyclic) bond motifs is 3. The molecule has 1 aromatic heterocycles. The van der Waals surface area contributed by atoms with Gasteiger partial charge in [-0.1, -0.05) is 12.8 Å². The third-order valence-electron chi connectivity index (χ3n) is 4.23. The zero-order valence-corrected chi connectivity index (χ0v) is 10.9. The van der Waals surface area contributed by atoms with E-state index in [0.717, 1.165) is 37.0 Å². The molecule has 1 fully saturated rings. The topological polar surface area (TPSA) is 70.6 Å². The van der Waals surface area contributed by atoms with Gasteiger partial charge in [0.1, 0.15) is 5.69 Å². The largest absolute Gasteiger partial charge is 0.368 e. The van der Waals surface area contributed by atoms with Crippen LogP contribution in [0.2, 0.25) is 0 Å². The molecule has 1 saturated carbocycles. The fourth-order valence-electron chi connectivity index (χ4n) is 3.37. The lowest BCUT2D eigenvalue weighted by atomic mass is 10.2. The number of nitrogens with two attached hydrogens (primary N) is 1. The Morgan fingerprint density at radius 3 is 2.89 bits per heavy atom. The Morgan fingerprint density at radius 2 is 2.05 bits per heavy atom. The van der Waals surface area contributed by atoms with Crippen LogP contribution in [0.15, 0.2) is 11.2 Å². The molecule has 3 heterocycles. The maximum Gasteiger partial charge on any atom is 0.222 e. The lowest BCUT2D eigenvalue weighted by Crippen LogP contribution is -2.46. The summed E-state index contributed by atoms with van der Waals surface area (Å²) in [5.74, 6) is 2.37. The first-order valence-corrected chi connectivity index (χ1v) is 7.08. The molecule has 3 aliphatic rings. The summed E-state index contributed by atoms with van der Waals surface area (Å²) >= 11 is 0. The lowest BCUT2D eigenvalue weighted by Gasteiger charge is -2.30. The van der Waals surface area contributed by atoms with Crippen LogP contribution < -0.4 is 15.5 Å². The standard InChI is InChI=1S/C13H18N6/c14-12-16-8-10-11(17-12)19(9-4-1-2-5-9)13-15-6-3-7-18(10)13/h8-9H,1-7H2,(H2,14,16,17). The van der Waals surface area contributed by atoms with Gasteiger partial charge in [0.05, 0.1) is 6.20 Å². The number of aromatic nitrogens is 2. The van der Waals surface area contributed by atoms with Crippen molar-refractivity contribution < 1.29 is 0 Å². The summed E-state index contributed by atoms with van der Waals surface area (Å²) in [4.78, 5) is 17.9. The normalized spacial score (nSPS) is 22.4. The highest BCUT2D eigenvalue weighted by atomic mass is 15.5. The smallest absolute Gasteiger partial charge is 0.222 e. The van der Waals surface area contributed by atoms with Crippen molar-refractivity contribution in [3.05, 3.63) is 6.20 Å². The van der Waals surface area contributed by atoms with Gasteiger partial charge in [0.15, 0.2) is 5.82 Å². The van der Waals surface area contributed by atoms with Gasteiger partial charge in [0.25, 0.3) is 0 Å². The molecule has 0 radical (unpaired) electrons. The molecule has 0 bridgehead atoms. The molecule has 4 rings (SSSR count). The highest BCUT2D eigenvalue weighted by molar-refractivity contribution is 6.15. The first-order chi connectivity index (χ1) is 9.34. The minimum Gasteiger partial charge on any atom is -0.368 e. The van der Waals surface area contributed by atoms with Gasteiger partial charge in [-0.2, -0.15) is 4.98 Å². The molecule has 6 heteroatoms. The van der Waals surface area contributed by atoms with E-state index in [-0.39, 0.29) is 0 Å². The minimum absolute atomic E-state index is 0.349. The van der Waals surface area contributed by atoms with Gasteiger partial charge in [0, 0.05) is 19.1 Å². The van der Waals surface area contributed by atoms with E-state index in [1.165, 1.54) is 25.7 Å². The Kier molecular flexibility index (Phi) is 2.36. The second-order valence-electron chi connectivity index (χ2n) is 5.43. The summed E-state index contributed by atoms with van der Waals surface area (Å²) in [6, 6.07) is 0.523. The molecule has 0 unspecified atom stereocenters. The van der Waals surface area contributed by atoms with E-state index in [4.69, 9.17) is 10.7 Å². The summed E-state index contributed by atoms with van der Waals surface area (Å²) in [5, 5.41) is 0. The lowest BCUT2D eigenvalue weighted by molar-refractivity contribution is 0.677. The summed E-state index contributed by atoms with van der Waals surface area (Å²) in [7, 11) is 0. The van der Waals surface area contributed by atoms with Crippen molar-refractivity contribution in [2.75, 3.05) is 28.6 Å². The Labute approximate surface area is 112 Å². The molecule has 0 saturated heterocycles. The number of nitrogens with zero attached hydrogens (tertiary/aromatic N) is 5. The Balaban J connectivity index is 1.83. The first kappa shape index (κ1) is 11.0. The van der Waals surface area contributed by atoms with E-state index in [1.54, 1.807) is 0 Å². The van der Waals surface area contributed by atoms with Crippen molar-refractivity contribution in [2.45, 2.75) is 38.1 Å². The van der Waals surface area contributed by atoms with Crippen LogP contribution >= 0.6 is 0 Å². The number of anilines is 3. The van der Waals surface area contributed by atoms with Gasteiger partial charge >= 0.3 is 0 Å². The number of rotatable bonds is 1. The molecule has 100 valence electrons. The first-order valence-electron chi connectivity index (χ1n) is 7.08. The van der Waals surface area contributed by atoms with E-state index in [1.807, 2.05) is 6.20 Å². The summed E-state index contributed by atoms with van der Waals surface area (Å²) < 4.78 is 0. The SMILES string of the molecule is Nc1ncc2c(n1)N(C1CCCC1)C1=NCCCN12. The van der Waals surface area contributed by atoms with E-state index >= 15 is 0 Å². The molecule has 0 aromatic carbocycles. The van der Waals surface area contributed by atoms with Gasteiger partial charge in [-0.05, 0) is 19.3 Å². The average Bonchev–Trinajstić information content (AvgIpc) is 3.03. The second kappa shape index (κ2) is 4.08. The Bertz CT molecular complexity index is 534. The summed E-state index contributed by atoms with van der Waals surface area (Å²) in [6.07, 6.45) is 7.96. The second-order valence-corrected chi connectivity index (χ2v) is 5.43. The number of nitrogen functional groups attached to an aromatic ring is 1. The highest BCUT2D eigenvalue weighted by Crippen LogP contribution is 2.40. The van der Waals surface area contributed by atoms with Crippen LogP contribution in [-0.2, 0) is 0 Å². The highest BCUT2D eigenvalue weighted by Gasteiger charge is 2.40. The molecule has 0 atom stereocenters. The number of aliphatic imine (C=N–C) groups is 1. The minimum atomic E-state index is 0.349. The molecular weight excluding hydrogens is 240 g/mol. The fraction of sp³-hybridized carbons (Fsp3) is 0.615. The Morgan fingerprint density at radius 1 is 1.21 bits per heavy atom. The molecule has 1 aromatic rings. The number of hydrogen-bond donors (Lipinski definition) is 1. The van der Waals surface area contributed by atoms with E-state index < -0.39 is 0 Å². The van der Waals surface area contributed by atoms with Crippen LogP contribution in [0.25, 0.3) is 0 Å². The zero-order valence-electron chi connectivity index (χ0n) is 10.9. The van der Waals surface area contributed by atoms with Gasteiger partial charge in [-0.25, -0.2) is 4.98 Å². The molecular formula is C13H18N6. The molecule has 19 heavy (non-hydrogen) atoms. The maximum atomic E-state index is 5.77. The molecule has 0 amide bonds. The predicted octanol–water partition coefficient (Wildman–Crippen LogP) is 1.39. The fourth-order valence-corrected chi connectivity index (χ4v) is 3.37. The third kappa shape index (κ3) is 1.59. The van der Waals surface area contributed by atoms with Crippen LogP contribution in [0.5, 0.6) is 0 Å². The van der Waals surface area contributed by atoms with Crippen molar-refractivity contribution in [2.24, 2.45) is 4.99 Å². The van der Waals surface area contributed by atoms with E-state index in [0.29, 0.717) is 12.0 Å². The molecule has 2 aliphatic heterocycles. The van der Waals surface area contributed by atoms with E-state index in [9.17, 15) is 0 Å². The van der Waals surface area contributed by atoms with Crippen LogP contribution in [-0.4, -0.2) is 35.1 Å². The van der Waals surface area contributed by atoms with Crippen LogP contribution in [0.4, 0.5) is 17.5 Å². The van der Waals surface area contributed by atoms with Crippen molar-refractivity contribution in [1.29, 1.82) is 0 Å². The van der Waals surface area contributed by atoms with Gasteiger partial charge in [0.2, 0.25) is 11.9 Å². The summed E-state index contributed by atoms with van der Waals surface area (Å²) in [5.41, 5.74) is 6.84. The summed E-state index contributed by atoms with van der Waals surface area (Å²) in [6.45, 7) is 1.91. The average molecular weight is 258 g/mol. The van der Waals surface area contributed by atoms with Gasteiger partial charge in [-0.3, -0.25) is 9.89 Å². The van der Waals surface area contributed by atoms with Crippen molar-refractivity contribution in [3.63, 3.8) is 0 Å². The number of hydrogen-bond acceptors (Lipinski definition) is 6.